The van der Waals surface area contributed by atoms with Gasteiger partial charge in [-0.15, -0.1) is 0 Å². The molecule has 0 radical (unpaired) electrons. The first-order valence-corrected chi connectivity index (χ1v) is 6.43. The van der Waals surface area contributed by atoms with E-state index in [1.807, 2.05) is 0 Å². The molecular formula is C12H20O10. The van der Waals surface area contributed by atoms with Gasteiger partial charge < -0.3 is 30.3 Å². The molecule has 22 heavy (non-hydrogen) atoms. The van der Waals surface area contributed by atoms with Gasteiger partial charge >= 0.3 is 11.9 Å². The Balaban J connectivity index is 3.07. The smallest absolute Gasteiger partial charge is 0.366 e. The summed E-state index contributed by atoms with van der Waals surface area (Å²) in [5, 5.41) is 48.9. The molecule has 10 nitrogen and oxygen atoms in total. The van der Waals surface area contributed by atoms with Crippen LogP contribution in [0, 0.1) is 5.41 Å². The number of aliphatic hydroxyl groups is 5. The molecule has 0 bridgehead atoms. The Morgan fingerprint density at radius 1 is 1.18 bits per heavy atom. The summed E-state index contributed by atoms with van der Waals surface area (Å²) in [6, 6.07) is 0. The van der Waals surface area contributed by atoms with E-state index >= 15 is 0 Å². The lowest BCUT2D eigenvalue weighted by molar-refractivity contribution is -0.385. The quantitative estimate of drug-likeness (QED) is 0.270. The molecule has 1 heterocycles. The highest BCUT2D eigenvalue weighted by atomic mass is 17.2. The van der Waals surface area contributed by atoms with Crippen molar-refractivity contribution in [2.24, 2.45) is 5.41 Å². The Kier molecular flexibility index (Phi) is 5.49. The van der Waals surface area contributed by atoms with E-state index in [0.717, 1.165) is 20.8 Å². The molecule has 1 unspecified atom stereocenters. The Labute approximate surface area is 125 Å². The largest absolute Gasteiger partial charge is 0.394 e. The number of carbonyl (C=O) groups is 2. The highest BCUT2D eigenvalue weighted by Gasteiger charge is 2.63. The first kappa shape index (κ1) is 18.7. The van der Waals surface area contributed by atoms with Crippen molar-refractivity contribution in [1.29, 1.82) is 0 Å². The van der Waals surface area contributed by atoms with Crippen LogP contribution in [0.1, 0.15) is 20.8 Å². The fourth-order valence-electron chi connectivity index (χ4n) is 2.02. The summed E-state index contributed by atoms with van der Waals surface area (Å²) in [5.41, 5.74) is -2.02. The first-order chi connectivity index (χ1) is 9.99. The third-order valence-corrected chi connectivity index (χ3v) is 3.61. The molecular weight excluding hydrogens is 304 g/mol. The minimum Gasteiger partial charge on any atom is -0.394 e. The summed E-state index contributed by atoms with van der Waals surface area (Å²) in [5.74, 6) is -4.91. The third kappa shape index (κ3) is 3.07. The average molecular weight is 324 g/mol. The van der Waals surface area contributed by atoms with E-state index in [1.54, 1.807) is 0 Å². The lowest BCUT2D eigenvalue weighted by Gasteiger charge is -2.50. The predicted octanol–water partition coefficient (Wildman–Crippen LogP) is -2.80. The van der Waals surface area contributed by atoms with Crippen LogP contribution in [0.2, 0.25) is 0 Å². The van der Waals surface area contributed by atoms with E-state index in [2.05, 4.69) is 9.78 Å². The van der Waals surface area contributed by atoms with Crippen molar-refractivity contribution in [1.82, 2.24) is 0 Å². The third-order valence-electron chi connectivity index (χ3n) is 3.61. The van der Waals surface area contributed by atoms with Gasteiger partial charge in [0.05, 0.1) is 6.61 Å². The van der Waals surface area contributed by atoms with Crippen LogP contribution in [-0.2, 0) is 24.1 Å². The van der Waals surface area contributed by atoms with Crippen LogP contribution in [0.15, 0.2) is 0 Å². The summed E-state index contributed by atoms with van der Waals surface area (Å²) >= 11 is 0. The van der Waals surface area contributed by atoms with Crippen LogP contribution >= 0.6 is 0 Å². The highest BCUT2D eigenvalue weighted by molar-refractivity contribution is 5.78. The SMILES string of the molecule is CC(=O)OOC(=O)C(C)(C)C1(O)O[C@H](CO)[C@@H](O)[C@H](O)[C@H]1O. The van der Waals surface area contributed by atoms with Crippen molar-refractivity contribution in [2.75, 3.05) is 6.61 Å². The Hall–Kier alpha value is -1.30. The fraction of sp³-hybridized carbons (Fsp3) is 0.833. The number of hydrogen-bond donors (Lipinski definition) is 5. The molecule has 1 fully saturated rings. The Bertz CT molecular complexity index is 434. The van der Waals surface area contributed by atoms with Gasteiger partial charge in [0.1, 0.15) is 29.8 Å². The fourth-order valence-corrected chi connectivity index (χ4v) is 2.02. The van der Waals surface area contributed by atoms with E-state index in [1.165, 1.54) is 0 Å². The molecule has 5 N–H and O–H groups in total. The van der Waals surface area contributed by atoms with Crippen molar-refractivity contribution >= 4 is 11.9 Å². The van der Waals surface area contributed by atoms with Crippen molar-refractivity contribution in [2.45, 2.75) is 51.0 Å². The Morgan fingerprint density at radius 3 is 2.18 bits per heavy atom. The number of carbonyl (C=O) groups excluding carboxylic acids is 2. The second kappa shape index (κ2) is 6.44. The minimum atomic E-state index is -2.71. The second-order valence-electron chi connectivity index (χ2n) is 5.53. The van der Waals surface area contributed by atoms with Gasteiger partial charge in [-0.05, 0) is 13.8 Å². The summed E-state index contributed by atoms with van der Waals surface area (Å²) < 4.78 is 5.02. The van der Waals surface area contributed by atoms with Gasteiger partial charge in [-0.3, -0.25) is 0 Å². The molecule has 128 valence electrons. The molecule has 0 saturated carbocycles. The zero-order valence-corrected chi connectivity index (χ0v) is 12.3. The number of ether oxygens (including phenoxy) is 1. The summed E-state index contributed by atoms with van der Waals surface area (Å²) in [6.45, 7) is 2.38. The second-order valence-corrected chi connectivity index (χ2v) is 5.53. The molecule has 5 atom stereocenters. The lowest BCUT2D eigenvalue weighted by Crippen LogP contribution is -2.71. The monoisotopic (exact) mass is 324 g/mol. The molecule has 0 aromatic heterocycles. The van der Waals surface area contributed by atoms with Crippen LogP contribution in [0.25, 0.3) is 0 Å². The Morgan fingerprint density at radius 2 is 1.73 bits per heavy atom. The molecule has 0 aromatic rings. The minimum absolute atomic E-state index is 0.789. The zero-order chi connectivity index (χ0) is 17.3. The maximum absolute atomic E-state index is 11.9. The van der Waals surface area contributed by atoms with Gasteiger partial charge in [0.15, 0.2) is 0 Å². The van der Waals surface area contributed by atoms with Crippen molar-refractivity contribution in [3.63, 3.8) is 0 Å². The zero-order valence-electron chi connectivity index (χ0n) is 12.3. The molecule has 0 spiro atoms. The lowest BCUT2D eigenvalue weighted by atomic mass is 9.75. The molecule has 0 aromatic carbocycles. The standard InChI is InChI=1S/C12H20O10/c1-5(14)21-22-10(18)11(2,3)12(19)9(17)8(16)7(15)6(4-13)20-12/h6-9,13,15-17,19H,4H2,1-3H3/t6-,7-,8+,9-,12?/m1/s1. The predicted molar refractivity (Wildman–Crippen MR) is 66.6 cm³/mol. The van der Waals surface area contributed by atoms with Gasteiger partial charge in [-0.1, -0.05) is 0 Å². The normalized spacial score (nSPS) is 35.8. The van der Waals surface area contributed by atoms with Crippen LogP contribution in [-0.4, -0.2) is 74.3 Å². The summed E-state index contributed by atoms with van der Waals surface area (Å²) in [4.78, 5) is 30.9. The molecule has 1 saturated heterocycles. The maximum atomic E-state index is 11.9. The van der Waals surface area contributed by atoms with E-state index in [4.69, 9.17) is 9.84 Å². The first-order valence-electron chi connectivity index (χ1n) is 6.43. The van der Waals surface area contributed by atoms with Gasteiger partial charge in [0.25, 0.3) is 0 Å². The highest BCUT2D eigenvalue weighted by Crippen LogP contribution is 2.42. The molecule has 1 rings (SSSR count). The summed E-state index contributed by atoms with van der Waals surface area (Å²) in [7, 11) is 0. The van der Waals surface area contributed by atoms with Crippen molar-refractivity contribution in [3.8, 4) is 0 Å². The number of aliphatic hydroxyl groups excluding tert-OH is 4. The molecule has 1 aliphatic heterocycles. The van der Waals surface area contributed by atoms with Gasteiger partial charge in [0, 0.05) is 6.92 Å². The molecule has 0 aliphatic carbocycles. The topological polar surface area (TPSA) is 163 Å². The summed E-state index contributed by atoms with van der Waals surface area (Å²) in [6.07, 6.45) is -7.12. The van der Waals surface area contributed by atoms with E-state index in [0.29, 0.717) is 0 Å². The molecule has 0 amide bonds. The molecule has 1 aliphatic rings. The van der Waals surface area contributed by atoms with Gasteiger partial charge in [-0.2, -0.15) is 0 Å². The number of rotatable bonds is 3. The van der Waals surface area contributed by atoms with Crippen molar-refractivity contribution in [3.05, 3.63) is 0 Å². The van der Waals surface area contributed by atoms with Gasteiger partial charge in [-0.25, -0.2) is 19.4 Å². The number of hydrogen-bond acceptors (Lipinski definition) is 10. The van der Waals surface area contributed by atoms with E-state index in [9.17, 15) is 30.0 Å². The van der Waals surface area contributed by atoms with E-state index < -0.39 is 54.2 Å². The van der Waals surface area contributed by atoms with Crippen LogP contribution in [0.4, 0.5) is 0 Å². The maximum Gasteiger partial charge on any atom is 0.366 e. The van der Waals surface area contributed by atoms with Crippen LogP contribution in [0.5, 0.6) is 0 Å². The van der Waals surface area contributed by atoms with Crippen LogP contribution in [0.3, 0.4) is 0 Å². The average Bonchev–Trinajstić information content (AvgIpc) is 2.45. The van der Waals surface area contributed by atoms with Gasteiger partial charge in [0.2, 0.25) is 5.79 Å². The van der Waals surface area contributed by atoms with E-state index in [-0.39, 0.29) is 0 Å². The van der Waals surface area contributed by atoms with Crippen LogP contribution < -0.4 is 0 Å². The van der Waals surface area contributed by atoms with Crippen molar-refractivity contribution < 1.29 is 49.6 Å². The molecule has 10 heteroatoms.